The van der Waals surface area contributed by atoms with Crippen LogP contribution in [-0.2, 0) is 11.8 Å². The molecule has 1 fully saturated rings. The molecule has 134 valence electrons. The number of halogens is 1. The molecule has 2 aromatic heterocycles. The van der Waals surface area contributed by atoms with E-state index in [-0.39, 0.29) is 11.4 Å². The van der Waals surface area contributed by atoms with Crippen molar-refractivity contribution >= 4 is 28.4 Å². The van der Waals surface area contributed by atoms with Gasteiger partial charge in [-0.1, -0.05) is 6.07 Å². The average molecular weight is 354 g/mol. The summed E-state index contributed by atoms with van der Waals surface area (Å²) in [6.45, 7) is 2.55. The first-order chi connectivity index (χ1) is 12.5. The van der Waals surface area contributed by atoms with Gasteiger partial charge in [-0.05, 0) is 31.9 Å². The number of amides is 1. The highest BCUT2D eigenvalue weighted by Crippen LogP contribution is 2.26. The molecule has 7 nitrogen and oxygen atoms in total. The number of aromatic nitrogens is 4. The molecule has 1 amide bonds. The molecule has 26 heavy (non-hydrogen) atoms. The zero-order valence-electron chi connectivity index (χ0n) is 14.6. The monoisotopic (exact) mass is 354 g/mol. The third kappa shape index (κ3) is 2.77. The van der Waals surface area contributed by atoms with Crippen molar-refractivity contribution in [1.29, 1.82) is 0 Å². The largest absolute Gasteiger partial charge is 0.358 e. The Morgan fingerprint density at radius 3 is 2.92 bits per heavy atom. The lowest BCUT2D eigenvalue weighted by molar-refractivity contribution is -0.120. The van der Waals surface area contributed by atoms with E-state index in [1.807, 2.05) is 20.0 Å². The van der Waals surface area contributed by atoms with E-state index in [9.17, 15) is 9.18 Å². The van der Waals surface area contributed by atoms with Gasteiger partial charge in [0.25, 0.3) is 5.91 Å². The molecule has 1 aliphatic heterocycles. The summed E-state index contributed by atoms with van der Waals surface area (Å²) in [6.07, 6.45) is 2.85. The number of anilines is 2. The molecule has 1 aromatic carbocycles. The number of nitrogens with one attached hydrogen (secondary N) is 1. The number of piperidine rings is 1. The van der Waals surface area contributed by atoms with Gasteiger partial charge in [-0.2, -0.15) is 5.10 Å². The molecular weight excluding hydrogens is 335 g/mol. The van der Waals surface area contributed by atoms with Crippen LogP contribution in [0.1, 0.15) is 18.5 Å². The van der Waals surface area contributed by atoms with Crippen LogP contribution in [0, 0.1) is 12.7 Å². The van der Waals surface area contributed by atoms with Gasteiger partial charge in [0.15, 0.2) is 0 Å². The smallest absolute Gasteiger partial charge is 0.250 e. The molecule has 1 atom stereocenters. The zero-order valence-corrected chi connectivity index (χ0v) is 14.6. The number of rotatable bonds is 3. The van der Waals surface area contributed by atoms with Crippen molar-refractivity contribution in [2.75, 3.05) is 16.8 Å². The number of aryl methyl sites for hydroxylation is 2. The van der Waals surface area contributed by atoms with Crippen LogP contribution < -0.4 is 10.2 Å². The Balaban J connectivity index is 1.64. The molecule has 0 spiro atoms. The molecule has 1 N–H and O–H groups in total. The van der Waals surface area contributed by atoms with Crippen molar-refractivity contribution < 1.29 is 9.18 Å². The van der Waals surface area contributed by atoms with Gasteiger partial charge in [0.1, 0.15) is 35.3 Å². The highest BCUT2D eigenvalue weighted by Gasteiger charge is 2.31. The first-order valence-electron chi connectivity index (χ1n) is 8.52. The molecule has 0 radical (unpaired) electrons. The quantitative estimate of drug-likeness (QED) is 0.782. The molecule has 0 aliphatic carbocycles. The van der Waals surface area contributed by atoms with Gasteiger partial charge in [-0.3, -0.25) is 14.4 Å². The van der Waals surface area contributed by atoms with Crippen LogP contribution in [0.3, 0.4) is 0 Å². The minimum absolute atomic E-state index is 0.0394. The van der Waals surface area contributed by atoms with Gasteiger partial charge in [0.2, 0.25) is 0 Å². The Kier molecular flexibility index (Phi) is 4.02. The molecule has 3 aromatic rings. The zero-order chi connectivity index (χ0) is 18.3. The van der Waals surface area contributed by atoms with E-state index >= 15 is 0 Å². The van der Waals surface area contributed by atoms with Gasteiger partial charge in [0, 0.05) is 25.0 Å². The van der Waals surface area contributed by atoms with Crippen LogP contribution in [0.25, 0.3) is 10.9 Å². The summed E-state index contributed by atoms with van der Waals surface area (Å²) in [5, 5.41) is 8.07. The summed E-state index contributed by atoms with van der Waals surface area (Å²) < 4.78 is 15.7. The molecule has 0 bridgehead atoms. The van der Waals surface area contributed by atoms with Crippen molar-refractivity contribution in [3.8, 4) is 0 Å². The maximum absolute atomic E-state index is 13.9. The Bertz CT molecular complexity index is 985. The fourth-order valence-electron chi connectivity index (χ4n) is 3.42. The second-order valence-corrected chi connectivity index (χ2v) is 6.45. The number of carbonyl (C=O) groups excluding carboxylic acids is 1. The number of para-hydroxylation sites is 1. The van der Waals surface area contributed by atoms with E-state index < -0.39 is 11.9 Å². The van der Waals surface area contributed by atoms with Crippen LogP contribution >= 0.6 is 0 Å². The molecule has 3 heterocycles. The number of nitrogens with zero attached hydrogens (tertiary/aromatic N) is 5. The molecular formula is C18H19FN6O. The maximum atomic E-state index is 13.9. The predicted octanol–water partition coefficient (Wildman–Crippen LogP) is 2.42. The van der Waals surface area contributed by atoms with Gasteiger partial charge < -0.3 is 5.32 Å². The maximum Gasteiger partial charge on any atom is 0.250 e. The molecule has 1 saturated heterocycles. The lowest BCUT2D eigenvalue weighted by Crippen LogP contribution is -2.48. The molecule has 1 aliphatic rings. The second kappa shape index (κ2) is 6.36. The van der Waals surface area contributed by atoms with Gasteiger partial charge in [0.05, 0.1) is 5.69 Å². The highest BCUT2D eigenvalue weighted by atomic mass is 19.1. The molecule has 0 saturated carbocycles. The third-order valence-corrected chi connectivity index (χ3v) is 4.62. The van der Waals surface area contributed by atoms with E-state index in [0.717, 1.165) is 17.9 Å². The van der Waals surface area contributed by atoms with E-state index in [4.69, 9.17) is 0 Å². The van der Waals surface area contributed by atoms with Crippen LogP contribution in [0.5, 0.6) is 0 Å². The summed E-state index contributed by atoms with van der Waals surface area (Å²) >= 11 is 0. The second-order valence-electron chi connectivity index (χ2n) is 6.45. The van der Waals surface area contributed by atoms with E-state index in [2.05, 4.69) is 20.4 Å². The Hall–Kier alpha value is -3.03. The van der Waals surface area contributed by atoms with E-state index in [0.29, 0.717) is 24.2 Å². The first-order valence-corrected chi connectivity index (χ1v) is 8.52. The number of hydrogen-bond donors (Lipinski definition) is 1. The summed E-state index contributed by atoms with van der Waals surface area (Å²) in [6, 6.07) is 6.18. The standard InChI is InChI=1S/C18H19FN6O/c1-11-9-15(24(2)23-11)25-8-4-7-14(18(25)26)22-17-12-5-3-6-13(19)16(12)20-10-21-17/h3,5-6,9-10,14H,4,7-8H2,1-2H3,(H,20,21,22). The van der Waals surface area contributed by atoms with Crippen molar-refractivity contribution in [2.24, 2.45) is 7.05 Å². The van der Waals surface area contributed by atoms with Crippen molar-refractivity contribution in [1.82, 2.24) is 19.7 Å². The predicted molar refractivity (Wildman–Crippen MR) is 96.4 cm³/mol. The number of benzene rings is 1. The van der Waals surface area contributed by atoms with Crippen LogP contribution in [-0.4, -0.2) is 38.2 Å². The fraction of sp³-hybridized carbons (Fsp3) is 0.333. The topological polar surface area (TPSA) is 75.9 Å². The summed E-state index contributed by atoms with van der Waals surface area (Å²) in [7, 11) is 1.83. The lowest BCUT2D eigenvalue weighted by Gasteiger charge is -2.32. The minimum atomic E-state index is -0.430. The number of hydrogen-bond acceptors (Lipinski definition) is 5. The van der Waals surface area contributed by atoms with Crippen LogP contribution in [0.2, 0.25) is 0 Å². The molecule has 4 rings (SSSR count). The number of fused-ring (bicyclic) bond motifs is 1. The number of carbonyl (C=O) groups is 1. The summed E-state index contributed by atoms with van der Waals surface area (Å²) in [5.74, 6) is 0.797. The molecule has 8 heteroatoms. The summed E-state index contributed by atoms with van der Waals surface area (Å²) in [4.78, 5) is 23.0. The Morgan fingerprint density at radius 1 is 1.31 bits per heavy atom. The summed E-state index contributed by atoms with van der Waals surface area (Å²) in [5.41, 5.74) is 1.11. The Morgan fingerprint density at radius 2 is 2.15 bits per heavy atom. The van der Waals surface area contributed by atoms with Crippen molar-refractivity contribution in [3.05, 3.63) is 42.1 Å². The highest BCUT2D eigenvalue weighted by molar-refractivity contribution is 6.00. The SMILES string of the molecule is Cc1cc(N2CCCC(Nc3ncnc4c(F)cccc34)C2=O)n(C)n1. The van der Waals surface area contributed by atoms with Crippen LogP contribution in [0.15, 0.2) is 30.6 Å². The Labute approximate surface area is 149 Å². The van der Waals surface area contributed by atoms with E-state index in [1.54, 1.807) is 21.7 Å². The fourth-order valence-corrected chi connectivity index (χ4v) is 3.42. The first kappa shape index (κ1) is 16.4. The minimum Gasteiger partial charge on any atom is -0.358 e. The van der Waals surface area contributed by atoms with Gasteiger partial charge >= 0.3 is 0 Å². The molecule has 1 unspecified atom stereocenters. The third-order valence-electron chi connectivity index (χ3n) is 4.62. The van der Waals surface area contributed by atoms with Gasteiger partial charge in [-0.25, -0.2) is 14.4 Å². The van der Waals surface area contributed by atoms with Crippen molar-refractivity contribution in [3.63, 3.8) is 0 Å². The van der Waals surface area contributed by atoms with E-state index in [1.165, 1.54) is 12.4 Å². The van der Waals surface area contributed by atoms with Crippen molar-refractivity contribution in [2.45, 2.75) is 25.8 Å². The van der Waals surface area contributed by atoms with Gasteiger partial charge in [-0.15, -0.1) is 0 Å². The lowest BCUT2D eigenvalue weighted by atomic mass is 10.0. The average Bonchev–Trinajstić information content (AvgIpc) is 2.96. The van der Waals surface area contributed by atoms with Crippen LogP contribution in [0.4, 0.5) is 16.0 Å². The normalized spacial score (nSPS) is 17.7.